The molecule has 24 heavy (non-hydrogen) atoms. The lowest BCUT2D eigenvalue weighted by molar-refractivity contribution is 0.0954. The number of thiophene rings is 1. The zero-order chi connectivity index (χ0) is 16.5. The molecule has 5 heteroatoms. The van der Waals surface area contributed by atoms with Crippen molar-refractivity contribution in [2.75, 3.05) is 0 Å². The summed E-state index contributed by atoms with van der Waals surface area (Å²) in [7, 11) is 0. The second kappa shape index (κ2) is 6.24. The third-order valence-electron chi connectivity index (χ3n) is 4.61. The number of H-pyrrole nitrogens is 1. The van der Waals surface area contributed by atoms with Gasteiger partial charge in [0.25, 0.3) is 5.91 Å². The summed E-state index contributed by atoms with van der Waals surface area (Å²) in [4.78, 5) is 17.1. The third kappa shape index (κ3) is 2.65. The quantitative estimate of drug-likeness (QED) is 0.547. The summed E-state index contributed by atoms with van der Waals surface area (Å²) in [5.41, 5.74) is 7.84. The molecular formula is C19H19N3OS. The average Bonchev–Trinajstić information content (AvgIpc) is 3.16. The SMILES string of the molecule is Cc1[nH]c2ccccc2c1C=NNC(=O)c1csc2c1CCCC2. The number of aromatic amines is 1. The van der Waals surface area contributed by atoms with E-state index in [-0.39, 0.29) is 5.91 Å². The van der Waals surface area contributed by atoms with E-state index in [9.17, 15) is 4.79 Å². The summed E-state index contributed by atoms with van der Waals surface area (Å²) < 4.78 is 0. The predicted molar refractivity (Wildman–Crippen MR) is 99.1 cm³/mol. The van der Waals surface area contributed by atoms with Crippen LogP contribution in [-0.2, 0) is 12.8 Å². The number of carbonyl (C=O) groups excluding carboxylic acids is 1. The number of carbonyl (C=O) groups is 1. The van der Waals surface area contributed by atoms with Crippen LogP contribution in [0.4, 0.5) is 0 Å². The van der Waals surface area contributed by atoms with Crippen LogP contribution in [0, 0.1) is 6.92 Å². The Kier molecular flexibility index (Phi) is 3.94. The molecule has 2 N–H and O–H groups in total. The van der Waals surface area contributed by atoms with E-state index in [4.69, 9.17) is 0 Å². The van der Waals surface area contributed by atoms with Crippen molar-refractivity contribution in [3.05, 3.63) is 56.9 Å². The standard InChI is InChI=1S/C19H19N3OS/c1-12-15(13-6-2-4-8-17(13)21-12)10-20-22-19(23)16-11-24-18-9-5-3-7-14(16)18/h2,4,6,8,10-11,21H,3,5,7,9H2,1H3,(H,22,23). The van der Waals surface area contributed by atoms with Gasteiger partial charge in [-0.3, -0.25) is 4.79 Å². The predicted octanol–water partition coefficient (Wildman–Crippen LogP) is 4.18. The Hall–Kier alpha value is -2.40. The second-order valence-electron chi connectivity index (χ2n) is 6.17. The maximum absolute atomic E-state index is 12.4. The van der Waals surface area contributed by atoms with Gasteiger partial charge in [-0.25, -0.2) is 5.43 Å². The molecule has 0 radical (unpaired) electrons. The molecule has 4 nitrogen and oxygen atoms in total. The minimum atomic E-state index is -0.108. The fourth-order valence-corrected chi connectivity index (χ4v) is 4.49. The van der Waals surface area contributed by atoms with E-state index in [0.29, 0.717) is 0 Å². The summed E-state index contributed by atoms with van der Waals surface area (Å²) in [6, 6.07) is 8.09. The van der Waals surface area contributed by atoms with Gasteiger partial charge >= 0.3 is 0 Å². The Morgan fingerprint density at radius 1 is 1.29 bits per heavy atom. The van der Waals surface area contributed by atoms with Crippen LogP contribution in [0.15, 0.2) is 34.7 Å². The van der Waals surface area contributed by atoms with Crippen molar-refractivity contribution in [3.63, 3.8) is 0 Å². The first-order chi connectivity index (χ1) is 11.7. The summed E-state index contributed by atoms with van der Waals surface area (Å²) in [6.07, 6.45) is 6.23. The highest BCUT2D eigenvalue weighted by Crippen LogP contribution is 2.30. The maximum Gasteiger partial charge on any atom is 0.272 e. The number of hydrogen-bond acceptors (Lipinski definition) is 3. The fourth-order valence-electron chi connectivity index (χ4n) is 3.36. The monoisotopic (exact) mass is 337 g/mol. The lowest BCUT2D eigenvalue weighted by Gasteiger charge is -2.11. The van der Waals surface area contributed by atoms with E-state index < -0.39 is 0 Å². The number of hydrazone groups is 1. The van der Waals surface area contributed by atoms with Gasteiger partial charge in [-0.1, -0.05) is 18.2 Å². The normalized spacial score (nSPS) is 14.2. The first-order valence-corrected chi connectivity index (χ1v) is 9.12. The van der Waals surface area contributed by atoms with Crippen molar-refractivity contribution in [3.8, 4) is 0 Å². The fraction of sp³-hybridized carbons (Fsp3) is 0.263. The molecule has 0 unspecified atom stereocenters. The Morgan fingerprint density at radius 2 is 2.12 bits per heavy atom. The Labute approximate surface area is 144 Å². The van der Waals surface area contributed by atoms with Gasteiger partial charge < -0.3 is 4.98 Å². The summed E-state index contributed by atoms with van der Waals surface area (Å²) >= 11 is 1.70. The zero-order valence-corrected chi connectivity index (χ0v) is 14.4. The molecular weight excluding hydrogens is 318 g/mol. The number of amides is 1. The largest absolute Gasteiger partial charge is 0.358 e. The first kappa shape index (κ1) is 15.1. The van der Waals surface area contributed by atoms with E-state index in [1.165, 1.54) is 23.3 Å². The molecule has 0 bridgehead atoms. The van der Waals surface area contributed by atoms with Crippen LogP contribution >= 0.6 is 11.3 Å². The molecule has 0 atom stereocenters. The van der Waals surface area contributed by atoms with Crippen LogP contribution in [0.2, 0.25) is 0 Å². The number of aryl methyl sites for hydroxylation is 2. The number of fused-ring (bicyclic) bond motifs is 2. The van der Waals surface area contributed by atoms with Crippen molar-refractivity contribution < 1.29 is 4.79 Å². The van der Waals surface area contributed by atoms with E-state index in [1.54, 1.807) is 17.6 Å². The lowest BCUT2D eigenvalue weighted by Crippen LogP contribution is -2.19. The van der Waals surface area contributed by atoms with Gasteiger partial charge in [0.1, 0.15) is 0 Å². The van der Waals surface area contributed by atoms with Gasteiger partial charge in [0.2, 0.25) is 0 Å². The second-order valence-corrected chi connectivity index (χ2v) is 7.13. The first-order valence-electron chi connectivity index (χ1n) is 8.24. The van der Waals surface area contributed by atoms with E-state index in [0.717, 1.165) is 40.6 Å². The van der Waals surface area contributed by atoms with Crippen LogP contribution in [0.1, 0.15) is 44.9 Å². The van der Waals surface area contributed by atoms with E-state index >= 15 is 0 Å². The number of nitrogens with zero attached hydrogens (tertiary/aromatic N) is 1. The molecule has 0 aliphatic heterocycles. The van der Waals surface area contributed by atoms with Gasteiger partial charge in [-0.05, 0) is 44.2 Å². The molecule has 0 saturated carbocycles. The van der Waals surface area contributed by atoms with Crippen molar-refractivity contribution in [2.24, 2.45) is 5.10 Å². The lowest BCUT2D eigenvalue weighted by atomic mass is 9.96. The zero-order valence-electron chi connectivity index (χ0n) is 13.6. The van der Waals surface area contributed by atoms with Crippen molar-refractivity contribution in [1.82, 2.24) is 10.4 Å². The van der Waals surface area contributed by atoms with Crippen LogP contribution in [0.25, 0.3) is 10.9 Å². The summed E-state index contributed by atoms with van der Waals surface area (Å²) in [5.74, 6) is -0.108. The molecule has 122 valence electrons. The number of hydrogen-bond donors (Lipinski definition) is 2. The van der Waals surface area contributed by atoms with Gasteiger partial charge in [-0.2, -0.15) is 5.10 Å². The molecule has 0 spiro atoms. The average molecular weight is 337 g/mol. The van der Waals surface area contributed by atoms with Crippen LogP contribution in [0.3, 0.4) is 0 Å². The highest BCUT2D eigenvalue weighted by atomic mass is 32.1. The molecule has 3 aromatic rings. The highest BCUT2D eigenvalue weighted by Gasteiger charge is 2.19. The number of para-hydroxylation sites is 1. The van der Waals surface area contributed by atoms with Crippen molar-refractivity contribution in [1.29, 1.82) is 0 Å². The number of rotatable bonds is 3. The van der Waals surface area contributed by atoms with Gasteiger partial charge in [-0.15, -0.1) is 11.3 Å². The minimum absolute atomic E-state index is 0.108. The van der Waals surface area contributed by atoms with Gasteiger partial charge in [0, 0.05) is 32.4 Å². The molecule has 1 aromatic carbocycles. The molecule has 2 aromatic heterocycles. The Bertz CT molecular complexity index is 935. The van der Waals surface area contributed by atoms with Crippen molar-refractivity contribution in [2.45, 2.75) is 32.6 Å². The van der Waals surface area contributed by atoms with Gasteiger partial charge in [0.15, 0.2) is 0 Å². The van der Waals surface area contributed by atoms with Gasteiger partial charge in [0.05, 0.1) is 11.8 Å². The Balaban J connectivity index is 1.54. The molecule has 0 fully saturated rings. The van der Waals surface area contributed by atoms with Crippen LogP contribution < -0.4 is 5.43 Å². The molecule has 0 saturated heterocycles. The third-order valence-corrected chi connectivity index (χ3v) is 5.70. The summed E-state index contributed by atoms with van der Waals surface area (Å²) in [5, 5.41) is 7.27. The van der Waals surface area contributed by atoms with Crippen molar-refractivity contribution >= 4 is 34.4 Å². The molecule has 1 amide bonds. The number of benzene rings is 1. The number of nitrogens with one attached hydrogen (secondary N) is 2. The topological polar surface area (TPSA) is 57.2 Å². The maximum atomic E-state index is 12.4. The molecule has 4 rings (SSSR count). The van der Waals surface area contributed by atoms with E-state index in [2.05, 4.69) is 21.6 Å². The number of aromatic nitrogens is 1. The van der Waals surface area contributed by atoms with Crippen LogP contribution in [-0.4, -0.2) is 17.1 Å². The summed E-state index contributed by atoms with van der Waals surface area (Å²) in [6.45, 7) is 2.01. The van der Waals surface area contributed by atoms with Crippen LogP contribution in [0.5, 0.6) is 0 Å². The smallest absolute Gasteiger partial charge is 0.272 e. The minimum Gasteiger partial charge on any atom is -0.358 e. The highest BCUT2D eigenvalue weighted by molar-refractivity contribution is 7.10. The van der Waals surface area contributed by atoms with E-state index in [1.807, 2.05) is 30.5 Å². The molecule has 1 aliphatic carbocycles. The Morgan fingerprint density at radius 3 is 3.04 bits per heavy atom. The molecule has 1 aliphatic rings. The molecule has 2 heterocycles.